The summed E-state index contributed by atoms with van der Waals surface area (Å²) in [6, 6.07) is 20.5. The van der Waals surface area contributed by atoms with Crippen molar-refractivity contribution in [2.75, 3.05) is 5.75 Å². The van der Waals surface area contributed by atoms with E-state index < -0.39 is 0 Å². The summed E-state index contributed by atoms with van der Waals surface area (Å²) in [7, 11) is 0. The molecule has 1 amide bonds. The van der Waals surface area contributed by atoms with Gasteiger partial charge in [0, 0.05) is 16.3 Å². The molecule has 0 aliphatic heterocycles. The Morgan fingerprint density at radius 3 is 2.44 bits per heavy atom. The summed E-state index contributed by atoms with van der Waals surface area (Å²) < 4.78 is 1.92. The molecule has 1 heterocycles. The van der Waals surface area contributed by atoms with Gasteiger partial charge < -0.3 is 0 Å². The van der Waals surface area contributed by atoms with Crippen LogP contribution in [0.25, 0.3) is 17.1 Å². The van der Waals surface area contributed by atoms with Crippen LogP contribution in [0, 0.1) is 6.92 Å². The van der Waals surface area contributed by atoms with Crippen molar-refractivity contribution in [1.82, 2.24) is 20.2 Å². The van der Waals surface area contributed by atoms with Crippen LogP contribution in [-0.2, 0) is 4.79 Å². The Morgan fingerprint density at radius 2 is 1.74 bits per heavy atom. The molecule has 4 aromatic rings. The maximum absolute atomic E-state index is 12.4. The number of carbonyl (C=O) groups is 1. The molecule has 34 heavy (non-hydrogen) atoms. The molecule has 0 radical (unpaired) electrons. The Balaban J connectivity index is 1.50. The predicted octanol–water partition coefficient (Wildman–Crippen LogP) is 6.45. The van der Waals surface area contributed by atoms with E-state index in [9.17, 15) is 4.79 Å². The van der Waals surface area contributed by atoms with E-state index in [1.807, 2.05) is 47.9 Å². The molecule has 0 unspecified atom stereocenters. The molecule has 0 saturated heterocycles. The van der Waals surface area contributed by atoms with E-state index >= 15 is 0 Å². The average Bonchev–Trinajstić information content (AvgIpc) is 3.25. The number of amides is 1. The third-order valence-corrected chi connectivity index (χ3v) is 6.63. The van der Waals surface area contributed by atoms with Gasteiger partial charge in [0.2, 0.25) is 0 Å². The summed E-state index contributed by atoms with van der Waals surface area (Å²) in [6.45, 7) is 2.02. The molecule has 172 valence electrons. The molecule has 0 fully saturated rings. The van der Waals surface area contributed by atoms with E-state index in [1.54, 1.807) is 30.3 Å². The van der Waals surface area contributed by atoms with Crippen molar-refractivity contribution in [3.63, 3.8) is 0 Å². The Morgan fingerprint density at radius 1 is 1.00 bits per heavy atom. The molecule has 1 aromatic heterocycles. The minimum absolute atomic E-state index is 0.101. The molecular formula is C24H18Cl3N5OS. The second kappa shape index (κ2) is 11.1. The molecule has 4 rings (SSSR count). The smallest absolute Gasteiger partial charge is 0.250 e. The second-order valence-electron chi connectivity index (χ2n) is 7.24. The summed E-state index contributed by atoms with van der Waals surface area (Å²) in [5.41, 5.74) is 6.11. The maximum atomic E-state index is 12.4. The molecule has 0 saturated carbocycles. The van der Waals surface area contributed by atoms with Crippen LogP contribution in [0.2, 0.25) is 15.1 Å². The predicted molar refractivity (Wildman–Crippen MR) is 139 cm³/mol. The number of halogens is 3. The number of rotatable bonds is 7. The Bertz CT molecular complexity index is 1340. The first kappa shape index (κ1) is 24.3. The van der Waals surface area contributed by atoms with Gasteiger partial charge in [-0.25, -0.2) is 5.43 Å². The van der Waals surface area contributed by atoms with E-state index in [0.717, 1.165) is 16.8 Å². The highest BCUT2D eigenvalue weighted by molar-refractivity contribution is 7.99. The maximum Gasteiger partial charge on any atom is 0.250 e. The molecule has 0 aliphatic carbocycles. The van der Waals surface area contributed by atoms with E-state index in [2.05, 4.69) is 20.7 Å². The van der Waals surface area contributed by atoms with Crippen LogP contribution < -0.4 is 5.43 Å². The van der Waals surface area contributed by atoms with E-state index in [4.69, 9.17) is 34.8 Å². The zero-order valence-electron chi connectivity index (χ0n) is 17.9. The number of hydrazone groups is 1. The number of aromatic nitrogens is 3. The van der Waals surface area contributed by atoms with Gasteiger partial charge in [0.15, 0.2) is 11.0 Å². The van der Waals surface area contributed by atoms with Crippen molar-refractivity contribution in [2.24, 2.45) is 5.10 Å². The lowest BCUT2D eigenvalue weighted by Gasteiger charge is -2.10. The van der Waals surface area contributed by atoms with Crippen molar-refractivity contribution >= 4 is 58.7 Å². The van der Waals surface area contributed by atoms with E-state index in [0.29, 0.717) is 31.6 Å². The first-order chi connectivity index (χ1) is 16.4. The monoisotopic (exact) mass is 529 g/mol. The fourth-order valence-corrected chi connectivity index (χ4v) is 4.19. The number of thioether (sulfide) groups is 1. The van der Waals surface area contributed by atoms with Gasteiger partial charge in [-0.3, -0.25) is 9.36 Å². The largest absolute Gasteiger partial charge is 0.272 e. The highest BCUT2D eigenvalue weighted by Crippen LogP contribution is 2.29. The SMILES string of the molecule is Cc1ccc(-n2c(SCC(=O)NN=Cc3ccc(Cl)c(Cl)c3)nnc2-c2ccc(Cl)cc2)cc1. The highest BCUT2D eigenvalue weighted by Gasteiger charge is 2.17. The topological polar surface area (TPSA) is 72.2 Å². The Hall–Kier alpha value is -2.84. The van der Waals surface area contributed by atoms with Crippen LogP contribution in [-0.4, -0.2) is 32.6 Å². The van der Waals surface area contributed by atoms with Gasteiger partial charge in [-0.05, 0) is 61.0 Å². The van der Waals surface area contributed by atoms with Gasteiger partial charge in [-0.2, -0.15) is 5.10 Å². The molecule has 0 aliphatic rings. The number of nitrogens with zero attached hydrogens (tertiary/aromatic N) is 4. The van der Waals surface area contributed by atoms with Crippen molar-refractivity contribution < 1.29 is 4.79 Å². The summed E-state index contributed by atoms with van der Waals surface area (Å²) in [6.07, 6.45) is 1.50. The van der Waals surface area contributed by atoms with Crippen LogP contribution in [0.3, 0.4) is 0 Å². The standard InChI is InChI=1S/C24H18Cl3N5OS/c1-15-2-9-19(10-3-15)32-23(17-5-7-18(25)8-6-17)30-31-24(32)34-14-22(33)29-28-13-16-4-11-20(26)21(27)12-16/h2-13H,14H2,1H3,(H,29,33). The van der Waals surface area contributed by atoms with Crippen LogP contribution in [0.4, 0.5) is 0 Å². The summed E-state index contributed by atoms with van der Waals surface area (Å²) in [5, 5.41) is 14.8. The number of carbonyl (C=O) groups excluding carboxylic acids is 1. The Labute approximate surface area is 215 Å². The van der Waals surface area contributed by atoms with Crippen LogP contribution in [0.1, 0.15) is 11.1 Å². The Kier molecular flexibility index (Phi) is 7.90. The number of hydrogen-bond donors (Lipinski definition) is 1. The van der Waals surface area contributed by atoms with Crippen molar-refractivity contribution in [1.29, 1.82) is 0 Å². The summed E-state index contributed by atoms with van der Waals surface area (Å²) in [5.74, 6) is 0.470. The number of hydrogen-bond acceptors (Lipinski definition) is 5. The lowest BCUT2D eigenvalue weighted by Crippen LogP contribution is -2.20. The number of nitrogens with one attached hydrogen (secondary N) is 1. The third kappa shape index (κ3) is 5.98. The molecule has 1 N–H and O–H groups in total. The first-order valence-corrected chi connectivity index (χ1v) is 12.2. The van der Waals surface area contributed by atoms with E-state index in [-0.39, 0.29) is 11.7 Å². The van der Waals surface area contributed by atoms with E-state index in [1.165, 1.54) is 18.0 Å². The second-order valence-corrected chi connectivity index (χ2v) is 9.43. The lowest BCUT2D eigenvalue weighted by atomic mass is 10.2. The first-order valence-electron chi connectivity index (χ1n) is 10.1. The van der Waals surface area contributed by atoms with Crippen molar-refractivity contribution in [3.05, 3.63) is 92.9 Å². The summed E-state index contributed by atoms with van der Waals surface area (Å²) in [4.78, 5) is 12.4. The fraction of sp³-hybridized carbons (Fsp3) is 0.0833. The molecule has 3 aromatic carbocycles. The zero-order chi connectivity index (χ0) is 24.1. The number of aryl methyl sites for hydroxylation is 1. The van der Waals surface area contributed by atoms with Crippen molar-refractivity contribution in [3.8, 4) is 17.1 Å². The fourth-order valence-electron chi connectivity index (χ4n) is 3.01. The molecular weight excluding hydrogens is 513 g/mol. The lowest BCUT2D eigenvalue weighted by molar-refractivity contribution is -0.118. The molecule has 0 bridgehead atoms. The van der Waals surface area contributed by atoms with Gasteiger partial charge in [-0.1, -0.05) is 70.3 Å². The van der Waals surface area contributed by atoms with Crippen LogP contribution in [0.15, 0.2) is 77.0 Å². The van der Waals surface area contributed by atoms with Crippen LogP contribution in [0.5, 0.6) is 0 Å². The van der Waals surface area contributed by atoms with Gasteiger partial charge in [0.1, 0.15) is 0 Å². The van der Waals surface area contributed by atoms with Gasteiger partial charge >= 0.3 is 0 Å². The zero-order valence-corrected chi connectivity index (χ0v) is 21.0. The molecule has 0 atom stereocenters. The average molecular weight is 531 g/mol. The van der Waals surface area contributed by atoms with Gasteiger partial charge in [0.05, 0.1) is 22.0 Å². The minimum Gasteiger partial charge on any atom is -0.272 e. The molecule has 0 spiro atoms. The third-order valence-electron chi connectivity index (χ3n) is 4.71. The minimum atomic E-state index is -0.284. The summed E-state index contributed by atoms with van der Waals surface area (Å²) >= 11 is 19.2. The van der Waals surface area contributed by atoms with Crippen molar-refractivity contribution in [2.45, 2.75) is 12.1 Å². The molecule has 6 nitrogen and oxygen atoms in total. The highest BCUT2D eigenvalue weighted by atomic mass is 35.5. The number of benzene rings is 3. The quantitative estimate of drug-likeness (QED) is 0.169. The van der Waals surface area contributed by atoms with Gasteiger partial charge in [-0.15, -0.1) is 10.2 Å². The van der Waals surface area contributed by atoms with Gasteiger partial charge in [0.25, 0.3) is 5.91 Å². The molecule has 10 heteroatoms. The normalized spacial score (nSPS) is 11.2. The van der Waals surface area contributed by atoms with Crippen LogP contribution >= 0.6 is 46.6 Å².